The van der Waals surface area contributed by atoms with Gasteiger partial charge < -0.3 is 10.6 Å². The summed E-state index contributed by atoms with van der Waals surface area (Å²) in [5, 5.41) is 8.71. The van der Waals surface area contributed by atoms with Gasteiger partial charge in [0.15, 0.2) is 10.3 Å². The van der Waals surface area contributed by atoms with E-state index in [1.54, 1.807) is 11.4 Å². The number of hydrogen-bond donors (Lipinski definition) is 2. The molecular formula is C14H11ClN4O2S2. The lowest BCUT2D eigenvalue weighted by molar-refractivity contribution is -0.116. The monoisotopic (exact) mass is 366 g/mol. The Morgan fingerprint density at radius 3 is 2.83 bits per heavy atom. The average Bonchev–Trinajstić information content (AvgIpc) is 3.03. The minimum absolute atomic E-state index is 0.118. The van der Waals surface area contributed by atoms with Crippen LogP contribution in [0.15, 0.2) is 23.6 Å². The Hall–Kier alpha value is -2.03. The zero-order valence-electron chi connectivity index (χ0n) is 11.9. The molecule has 9 heteroatoms. The first-order valence-electron chi connectivity index (χ1n) is 6.57. The van der Waals surface area contributed by atoms with Crippen LogP contribution in [0.3, 0.4) is 0 Å². The molecule has 1 aromatic carbocycles. The highest BCUT2D eigenvalue weighted by molar-refractivity contribution is 7.22. The van der Waals surface area contributed by atoms with Crippen LogP contribution in [0, 0.1) is 0 Å². The van der Waals surface area contributed by atoms with Gasteiger partial charge in [-0.15, -0.1) is 11.3 Å². The van der Waals surface area contributed by atoms with Crippen molar-refractivity contribution in [2.24, 2.45) is 0 Å². The van der Waals surface area contributed by atoms with Gasteiger partial charge in [-0.05, 0) is 18.2 Å². The standard InChI is InChI=1S/C14H11ClN4O2S2/c1-7(20)16-13-17-9(6-22-13)5-12(21)19-14-18-10-3-2-8(15)4-11(10)23-14/h2-4,6H,5H2,1H3,(H,16,17,20)(H,18,19,21). The second-order valence-electron chi connectivity index (χ2n) is 4.68. The van der Waals surface area contributed by atoms with Crippen LogP contribution in [0.1, 0.15) is 12.6 Å². The van der Waals surface area contributed by atoms with Crippen molar-refractivity contribution >= 4 is 66.6 Å². The number of benzene rings is 1. The van der Waals surface area contributed by atoms with E-state index in [1.165, 1.54) is 29.6 Å². The maximum Gasteiger partial charge on any atom is 0.232 e. The number of anilines is 2. The highest BCUT2D eigenvalue weighted by Crippen LogP contribution is 2.28. The van der Waals surface area contributed by atoms with Crippen molar-refractivity contribution in [3.05, 3.63) is 34.3 Å². The minimum atomic E-state index is -0.213. The number of fused-ring (bicyclic) bond motifs is 1. The number of nitrogens with one attached hydrogen (secondary N) is 2. The lowest BCUT2D eigenvalue weighted by Crippen LogP contribution is -2.14. The molecule has 0 aliphatic heterocycles. The van der Waals surface area contributed by atoms with Gasteiger partial charge in [0.25, 0.3) is 0 Å². The number of amides is 2. The second kappa shape index (κ2) is 6.61. The minimum Gasteiger partial charge on any atom is -0.302 e. The molecule has 2 aromatic heterocycles. The molecule has 0 saturated heterocycles. The van der Waals surface area contributed by atoms with Gasteiger partial charge in [-0.1, -0.05) is 22.9 Å². The van der Waals surface area contributed by atoms with Crippen molar-refractivity contribution in [1.29, 1.82) is 0 Å². The number of rotatable bonds is 4. The van der Waals surface area contributed by atoms with Gasteiger partial charge >= 0.3 is 0 Å². The molecule has 2 heterocycles. The normalized spacial score (nSPS) is 10.7. The molecule has 0 aliphatic carbocycles. The van der Waals surface area contributed by atoms with Crippen LogP contribution in [0.25, 0.3) is 10.2 Å². The summed E-state index contributed by atoms with van der Waals surface area (Å²) in [5.74, 6) is -0.404. The number of aromatic nitrogens is 2. The van der Waals surface area contributed by atoms with E-state index < -0.39 is 0 Å². The molecule has 2 amide bonds. The smallest absolute Gasteiger partial charge is 0.232 e. The van der Waals surface area contributed by atoms with E-state index >= 15 is 0 Å². The molecule has 6 nitrogen and oxygen atoms in total. The SMILES string of the molecule is CC(=O)Nc1nc(CC(=O)Nc2nc3ccc(Cl)cc3s2)cs1. The first-order valence-corrected chi connectivity index (χ1v) is 8.65. The van der Waals surface area contributed by atoms with E-state index in [1.807, 2.05) is 12.1 Å². The fourth-order valence-corrected chi connectivity index (χ4v) is 3.79. The fraction of sp³-hybridized carbons (Fsp3) is 0.143. The number of hydrogen-bond acceptors (Lipinski definition) is 6. The predicted molar refractivity (Wildman–Crippen MR) is 93.4 cm³/mol. The highest BCUT2D eigenvalue weighted by Gasteiger charge is 2.11. The predicted octanol–water partition coefficient (Wildman–Crippen LogP) is 3.55. The molecule has 2 N–H and O–H groups in total. The Bertz CT molecular complexity index is 890. The molecule has 0 atom stereocenters. The van der Waals surface area contributed by atoms with Crippen molar-refractivity contribution in [3.8, 4) is 0 Å². The number of nitrogens with zero attached hydrogens (tertiary/aromatic N) is 2. The molecule has 3 aromatic rings. The zero-order valence-corrected chi connectivity index (χ0v) is 14.3. The van der Waals surface area contributed by atoms with Gasteiger partial charge in [0.05, 0.1) is 22.3 Å². The number of carbonyl (C=O) groups excluding carboxylic acids is 2. The van der Waals surface area contributed by atoms with Gasteiger partial charge in [0, 0.05) is 17.3 Å². The molecule has 0 bridgehead atoms. The van der Waals surface area contributed by atoms with Gasteiger partial charge in [-0.25, -0.2) is 9.97 Å². The Morgan fingerprint density at radius 2 is 2.04 bits per heavy atom. The van der Waals surface area contributed by atoms with E-state index in [-0.39, 0.29) is 18.2 Å². The molecule has 118 valence electrons. The maximum atomic E-state index is 12.1. The van der Waals surface area contributed by atoms with Gasteiger partial charge in [0.2, 0.25) is 11.8 Å². The lowest BCUT2D eigenvalue weighted by Gasteiger charge is -1.98. The molecule has 0 radical (unpaired) electrons. The molecule has 23 heavy (non-hydrogen) atoms. The van der Waals surface area contributed by atoms with Crippen LogP contribution in [-0.2, 0) is 16.0 Å². The Labute approximate surface area is 144 Å². The van der Waals surface area contributed by atoms with Crippen LogP contribution in [0.4, 0.5) is 10.3 Å². The second-order valence-corrected chi connectivity index (χ2v) is 7.01. The third-order valence-electron chi connectivity index (χ3n) is 2.77. The molecule has 0 aliphatic rings. The van der Waals surface area contributed by atoms with Gasteiger partial charge in [0.1, 0.15) is 0 Å². The third-order valence-corrected chi connectivity index (χ3v) is 4.75. The summed E-state index contributed by atoms with van der Waals surface area (Å²) in [6, 6.07) is 5.38. The quantitative estimate of drug-likeness (QED) is 0.739. The molecule has 0 spiro atoms. The Balaban J connectivity index is 1.66. The first-order chi connectivity index (χ1) is 11.0. The van der Waals surface area contributed by atoms with Crippen LogP contribution in [0.2, 0.25) is 5.02 Å². The molecule has 0 fully saturated rings. The maximum absolute atomic E-state index is 12.1. The van der Waals surface area contributed by atoms with Crippen molar-refractivity contribution < 1.29 is 9.59 Å². The largest absolute Gasteiger partial charge is 0.302 e. The van der Waals surface area contributed by atoms with Crippen LogP contribution in [0.5, 0.6) is 0 Å². The summed E-state index contributed by atoms with van der Waals surface area (Å²) in [6.45, 7) is 1.41. The van der Waals surface area contributed by atoms with Crippen LogP contribution in [-0.4, -0.2) is 21.8 Å². The summed E-state index contributed by atoms with van der Waals surface area (Å²) in [4.78, 5) is 31.5. The fourth-order valence-electron chi connectivity index (χ4n) is 1.88. The first kappa shape index (κ1) is 15.9. The van der Waals surface area contributed by atoms with Crippen LogP contribution >= 0.6 is 34.3 Å². The summed E-state index contributed by atoms with van der Waals surface area (Å²) >= 11 is 8.58. The van der Waals surface area contributed by atoms with Crippen LogP contribution < -0.4 is 10.6 Å². The molecular weight excluding hydrogens is 356 g/mol. The molecule has 0 unspecified atom stereocenters. The summed E-state index contributed by atoms with van der Waals surface area (Å²) in [5.41, 5.74) is 1.39. The van der Waals surface area contributed by atoms with Crippen molar-refractivity contribution in [1.82, 2.24) is 9.97 Å². The molecule has 0 saturated carbocycles. The van der Waals surface area contributed by atoms with Gasteiger partial charge in [-0.2, -0.15) is 0 Å². The van der Waals surface area contributed by atoms with Crippen molar-refractivity contribution in [2.75, 3.05) is 10.6 Å². The number of carbonyl (C=O) groups is 2. The Kier molecular flexibility index (Phi) is 4.56. The summed E-state index contributed by atoms with van der Waals surface area (Å²) in [7, 11) is 0. The average molecular weight is 367 g/mol. The van der Waals surface area contributed by atoms with E-state index in [0.29, 0.717) is 21.0 Å². The lowest BCUT2D eigenvalue weighted by atomic mass is 10.3. The van der Waals surface area contributed by atoms with Gasteiger partial charge in [-0.3, -0.25) is 9.59 Å². The van der Waals surface area contributed by atoms with E-state index in [9.17, 15) is 9.59 Å². The Morgan fingerprint density at radius 1 is 1.22 bits per heavy atom. The van der Waals surface area contributed by atoms with E-state index in [4.69, 9.17) is 11.6 Å². The van der Waals surface area contributed by atoms with Crippen molar-refractivity contribution in [3.63, 3.8) is 0 Å². The number of thiazole rings is 2. The van der Waals surface area contributed by atoms with E-state index in [2.05, 4.69) is 20.6 Å². The topological polar surface area (TPSA) is 84.0 Å². The molecule has 3 rings (SSSR count). The number of halogens is 1. The zero-order chi connectivity index (χ0) is 16.4. The van der Waals surface area contributed by atoms with Crippen molar-refractivity contribution in [2.45, 2.75) is 13.3 Å². The summed E-state index contributed by atoms with van der Waals surface area (Å²) < 4.78 is 0.911. The third kappa shape index (κ3) is 4.04. The van der Waals surface area contributed by atoms with E-state index in [0.717, 1.165) is 10.2 Å². The highest BCUT2D eigenvalue weighted by atomic mass is 35.5. The summed E-state index contributed by atoms with van der Waals surface area (Å²) in [6.07, 6.45) is 0.118.